The Labute approximate surface area is 83.3 Å². The van der Waals surface area contributed by atoms with Crippen LogP contribution in [0.4, 0.5) is 6.01 Å². The fraction of sp³-hybridized carbons (Fsp3) is 0.778. The summed E-state index contributed by atoms with van der Waals surface area (Å²) >= 11 is 0. The maximum Gasteiger partial charge on any atom is 0.312 e. The van der Waals surface area contributed by atoms with Crippen molar-refractivity contribution in [3.8, 4) is 0 Å². The lowest BCUT2D eigenvalue weighted by molar-refractivity contribution is 0.125. The third-order valence-electron chi connectivity index (χ3n) is 2.81. The zero-order valence-corrected chi connectivity index (χ0v) is 8.60. The van der Waals surface area contributed by atoms with Gasteiger partial charge in [0.25, 0.3) is 0 Å². The minimum Gasteiger partial charge on any atom is -0.407 e. The topological polar surface area (TPSA) is 68.2 Å². The van der Waals surface area contributed by atoms with E-state index in [-0.39, 0.29) is 12.1 Å². The van der Waals surface area contributed by atoms with E-state index >= 15 is 0 Å². The quantitative estimate of drug-likeness (QED) is 0.727. The molecule has 0 bridgehead atoms. The molecule has 0 aromatic carbocycles. The van der Waals surface area contributed by atoms with Crippen molar-refractivity contribution < 1.29 is 4.42 Å². The minimum atomic E-state index is 0.159. The minimum absolute atomic E-state index is 0.159. The Bertz CT molecular complexity index is 312. The highest BCUT2D eigenvalue weighted by atomic mass is 16.4. The SMILES string of the molecule is CC1CCC(c2nnc(N)o2)N(C)C1. The number of aromatic nitrogens is 2. The van der Waals surface area contributed by atoms with Crippen LogP contribution in [0.3, 0.4) is 0 Å². The Morgan fingerprint density at radius 3 is 2.79 bits per heavy atom. The molecule has 0 radical (unpaired) electrons. The number of hydrogen-bond acceptors (Lipinski definition) is 5. The van der Waals surface area contributed by atoms with Crippen LogP contribution < -0.4 is 5.73 Å². The summed E-state index contributed by atoms with van der Waals surface area (Å²) in [6, 6.07) is 0.406. The van der Waals surface area contributed by atoms with E-state index in [2.05, 4.69) is 29.1 Å². The summed E-state index contributed by atoms with van der Waals surface area (Å²) in [6.07, 6.45) is 2.27. The van der Waals surface area contributed by atoms with Crippen molar-refractivity contribution in [1.82, 2.24) is 15.1 Å². The van der Waals surface area contributed by atoms with Gasteiger partial charge in [0.15, 0.2) is 0 Å². The van der Waals surface area contributed by atoms with Crippen LogP contribution in [0.2, 0.25) is 0 Å². The summed E-state index contributed by atoms with van der Waals surface area (Å²) in [4.78, 5) is 2.25. The average Bonchev–Trinajstić information content (AvgIpc) is 2.51. The Morgan fingerprint density at radius 2 is 2.21 bits per heavy atom. The first-order valence-electron chi connectivity index (χ1n) is 4.96. The Morgan fingerprint density at radius 1 is 1.43 bits per heavy atom. The first-order valence-corrected chi connectivity index (χ1v) is 4.96. The Hall–Kier alpha value is -1.10. The molecule has 5 heteroatoms. The largest absolute Gasteiger partial charge is 0.407 e. The number of anilines is 1. The molecule has 0 amide bonds. The molecule has 0 spiro atoms. The molecule has 2 rings (SSSR count). The van der Waals surface area contributed by atoms with Crippen LogP contribution in [0.5, 0.6) is 0 Å². The van der Waals surface area contributed by atoms with E-state index in [1.165, 1.54) is 6.42 Å². The first kappa shape index (κ1) is 9.45. The van der Waals surface area contributed by atoms with Crippen molar-refractivity contribution in [3.05, 3.63) is 5.89 Å². The van der Waals surface area contributed by atoms with Gasteiger partial charge in [-0.2, -0.15) is 0 Å². The molecule has 1 aliphatic rings. The molecule has 2 heterocycles. The van der Waals surface area contributed by atoms with Crippen LogP contribution in [0.1, 0.15) is 31.7 Å². The molecule has 78 valence electrons. The van der Waals surface area contributed by atoms with Gasteiger partial charge < -0.3 is 10.2 Å². The van der Waals surface area contributed by atoms with Crippen molar-refractivity contribution in [2.45, 2.75) is 25.8 Å². The number of likely N-dealkylation sites (tertiary alicyclic amines) is 1. The maximum atomic E-state index is 5.40. The van der Waals surface area contributed by atoms with Crippen LogP contribution in [-0.4, -0.2) is 28.7 Å². The monoisotopic (exact) mass is 196 g/mol. The molecule has 1 saturated heterocycles. The summed E-state index contributed by atoms with van der Waals surface area (Å²) < 4.78 is 5.24. The van der Waals surface area contributed by atoms with E-state index in [4.69, 9.17) is 10.2 Å². The molecular formula is C9H16N4O. The number of hydrogen-bond donors (Lipinski definition) is 1. The van der Waals surface area contributed by atoms with Crippen molar-refractivity contribution in [3.63, 3.8) is 0 Å². The van der Waals surface area contributed by atoms with E-state index < -0.39 is 0 Å². The molecule has 0 aliphatic carbocycles. The standard InChI is InChI=1S/C9H16N4O/c1-6-3-4-7(13(2)5-6)8-11-12-9(10)14-8/h6-7H,3-5H2,1-2H3,(H2,10,12). The highest BCUT2D eigenvalue weighted by Crippen LogP contribution is 2.31. The second-order valence-corrected chi connectivity index (χ2v) is 4.12. The maximum absolute atomic E-state index is 5.40. The van der Waals surface area contributed by atoms with Gasteiger partial charge in [-0.25, -0.2) is 0 Å². The van der Waals surface area contributed by atoms with E-state index in [0.29, 0.717) is 5.89 Å². The van der Waals surface area contributed by atoms with Gasteiger partial charge in [-0.3, -0.25) is 4.90 Å². The summed E-state index contributed by atoms with van der Waals surface area (Å²) in [5.41, 5.74) is 5.40. The van der Waals surface area contributed by atoms with E-state index in [0.717, 1.165) is 18.9 Å². The zero-order chi connectivity index (χ0) is 10.1. The molecule has 2 atom stereocenters. The summed E-state index contributed by atoms with van der Waals surface area (Å²) in [5.74, 6) is 1.40. The lowest BCUT2D eigenvalue weighted by Gasteiger charge is -2.33. The molecule has 1 fully saturated rings. The van der Waals surface area contributed by atoms with Gasteiger partial charge in [-0.05, 0) is 25.8 Å². The predicted octanol–water partition coefficient (Wildman–Crippen LogP) is 1.05. The van der Waals surface area contributed by atoms with Gasteiger partial charge in [0.2, 0.25) is 5.89 Å². The van der Waals surface area contributed by atoms with Crippen LogP contribution in [-0.2, 0) is 0 Å². The van der Waals surface area contributed by atoms with Crippen molar-refractivity contribution in [1.29, 1.82) is 0 Å². The van der Waals surface area contributed by atoms with Crippen molar-refractivity contribution >= 4 is 6.01 Å². The fourth-order valence-electron chi connectivity index (χ4n) is 2.07. The number of nitrogens with zero attached hydrogens (tertiary/aromatic N) is 3. The number of rotatable bonds is 1. The fourth-order valence-corrected chi connectivity index (χ4v) is 2.07. The van der Waals surface area contributed by atoms with Crippen LogP contribution in [0.25, 0.3) is 0 Å². The highest BCUT2D eigenvalue weighted by Gasteiger charge is 2.28. The van der Waals surface area contributed by atoms with Crippen LogP contribution in [0.15, 0.2) is 4.42 Å². The first-order chi connectivity index (χ1) is 6.66. The molecule has 1 aromatic rings. The Kier molecular flexibility index (Phi) is 2.41. The number of piperidine rings is 1. The molecule has 14 heavy (non-hydrogen) atoms. The average molecular weight is 196 g/mol. The van der Waals surface area contributed by atoms with Crippen LogP contribution in [0, 0.1) is 5.92 Å². The molecule has 5 nitrogen and oxygen atoms in total. The van der Waals surface area contributed by atoms with Gasteiger partial charge in [-0.15, -0.1) is 5.10 Å². The van der Waals surface area contributed by atoms with E-state index in [1.54, 1.807) is 0 Å². The molecule has 2 unspecified atom stereocenters. The Balaban J connectivity index is 2.11. The van der Waals surface area contributed by atoms with Gasteiger partial charge in [-0.1, -0.05) is 12.0 Å². The number of nitrogen functional groups attached to an aromatic ring is 1. The van der Waals surface area contributed by atoms with Gasteiger partial charge in [0.1, 0.15) is 0 Å². The second kappa shape index (κ2) is 3.57. The lowest BCUT2D eigenvalue weighted by atomic mass is 9.95. The van der Waals surface area contributed by atoms with Gasteiger partial charge in [0.05, 0.1) is 6.04 Å². The number of nitrogens with two attached hydrogens (primary N) is 1. The van der Waals surface area contributed by atoms with E-state index in [1.807, 2.05) is 0 Å². The lowest BCUT2D eigenvalue weighted by Crippen LogP contribution is -2.34. The normalized spacial score (nSPS) is 29.3. The van der Waals surface area contributed by atoms with Gasteiger partial charge in [0, 0.05) is 6.54 Å². The molecular weight excluding hydrogens is 180 g/mol. The molecule has 0 saturated carbocycles. The van der Waals surface area contributed by atoms with E-state index in [9.17, 15) is 0 Å². The van der Waals surface area contributed by atoms with Crippen LogP contribution >= 0.6 is 0 Å². The summed E-state index contributed by atoms with van der Waals surface area (Å²) in [7, 11) is 2.08. The smallest absolute Gasteiger partial charge is 0.312 e. The second-order valence-electron chi connectivity index (χ2n) is 4.12. The molecule has 1 aliphatic heterocycles. The highest BCUT2D eigenvalue weighted by molar-refractivity contribution is 5.07. The third-order valence-corrected chi connectivity index (χ3v) is 2.81. The molecule has 2 N–H and O–H groups in total. The van der Waals surface area contributed by atoms with Crippen molar-refractivity contribution in [2.24, 2.45) is 5.92 Å². The zero-order valence-electron chi connectivity index (χ0n) is 8.60. The molecule has 1 aromatic heterocycles. The summed E-state index contributed by atoms with van der Waals surface area (Å²) in [6.45, 7) is 3.34. The summed E-state index contributed by atoms with van der Waals surface area (Å²) in [5, 5.41) is 7.61. The van der Waals surface area contributed by atoms with Gasteiger partial charge >= 0.3 is 6.01 Å². The van der Waals surface area contributed by atoms with Crippen molar-refractivity contribution in [2.75, 3.05) is 19.3 Å². The third kappa shape index (κ3) is 1.72. The predicted molar refractivity (Wildman–Crippen MR) is 52.5 cm³/mol.